The molecule has 0 atom stereocenters. The molecule has 0 radical (unpaired) electrons. The summed E-state index contributed by atoms with van der Waals surface area (Å²) < 4.78 is 1.80. The number of hydrogen-bond acceptors (Lipinski definition) is 4. The van der Waals surface area contributed by atoms with Gasteiger partial charge < -0.3 is 10.0 Å². The molecule has 26 heavy (non-hydrogen) atoms. The van der Waals surface area contributed by atoms with Crippen molar-refractivity contribution in [2.45, 2.75) is 52.7 Å². The predicted molar refractivity (Wildman–Crippen MR) is 99.5 cm³/mol. The molecular weight excluding hydrogens is 328 g/mol. The zero-order valence-electron chi connectivity index (χ0n) is 15.7. The highest BCUT2D eigenvalue weighted by molar-refractivity contribution is 5.76. The summed E-state index contributed by atoms with van der Waals surface area (Å²) in [7, 11) is 0. The zero-order chi connectivity index (χ0) is 18.5. The quantitative estimate of drug-likeness (QED) is 0.862. The average molecular weight is 356 g/mol. The highest BCUT2D eigenvalue weighted by Gasteiger charge is 2.23. The molecule has 0 bridgehead atoms. The minimum atomic E-state index is -0.0759. The highest BCUT2D eigenvalue weighted by atomic mass is 16.3. The van der Waals surface area contributed by atoms with Gasteiger partial charge in [-0.2, -0.15) is 0 Å². The van der Waals surface area contributed by atoms with Gasteiger partial charge in [-0.05, 0) is 55.7 Å². The molecule has 1 aromatic carbocycles. The number of likely N-dealkylation sites (tertiary alicyclic amines) is 1. The maximum absolute atomic E-state index is 12.5. The van der Waals surface area contributed by atoms with Crippen LogP contribution in [0.4, 0.5) is 0 Å². The highest BCUT2D eigenvalue weighted by Crippen LogP contribution is 2.20. The number of carbonyl (C=O) groups is 1. The van der Waals surface area contributed by atoms with Gasteiger partial charge in [-0.15, -0.1) is 5.10 Å². The summed E-state index contributed by atoms with van der Waals surface area (Å²) in [6.45, 7) is 6.59. The van der Waals surface area contributed by atoms with E-state index in [1.807, 2.05) is 4.90 Å². The Hall–Kier alpha value is -2.21. The second-order valence-electron chi connectivity index (χ2n) is 7.33. The van der Waals surface area contributed by atoms with E-state index < -0.39 is 0 Å². The molecule has 140 valence electrons. The maximum atomic E-state index is 12.5. The molecule has 0 unspecified atom stereocenters. The van der Waals surface area contributed by atoms with Gasteiger partial charge in [0.15, 0.2) is 0 Å². The van der Waals surface area contributed by atoms with E-state index in [0.29, 0.717) is 18.0 Å². The van der Waals surface area contributed by atoms with Crippen LogP contribution in [0.5, 0.6) is 0 Å². The van der Waals surface area contributed by atoms with Crippen molar-refractivity contribution in [3.05, 3.63) is 46.8 Å². The van der Waals surface area contributed by atoms with Gasteiger partial charge in [0.05, 0.1) is 12.8 Å². The number of benzene rings is 1. The van der Waals surface area contributed by atoms with Crippen LogP contribution in [0.3, 0.4) is 0 Å². The van der Waals surface area contributed by atoms with Crippen molar-refractivity contribution in [2.75, 3.05) is 13.1 Å². The number of nitrogens with zero attached hydrogens (tertiary/aromatic N) is 4. The number of rotatable bonds is 6. The lowest BCUT2D eigenvalue weighted by molar-refractivity contribution is -0.132. The Kier molecular flexibility index (Phi) is 6.04. The topological polar surface area (TPSA) is 71.2 Å². The minimum Gasteiger partial charge on any atom is -0.390 e. The minimum absolute atomic E-state index is 0.0759. The summed E-state index contributed by atoms with van der Waals surface area (Å²) >= 11 is 0. The lowest BCUT2D eigenvalue weighted by Crippen LogP contribution is -2.39. The fourth-order valence-electron chi connectivity index (χ4n) is 3.50. The fraction of sp³-hybridized carbons (Fsp3) is 0.550. The normalized spacial score (nSPS) is 15.4. The number of carbonyl (C=O) groups excluding carboxylic acids is 1. The summed E-state index contributed by atoms with van der Waals surface area (Å²) in [6.07, 6.45) is 5.16. The SMILES string of the molecule is Cc1ccc(CCC(=O)N2CCC(Cn3cc(CO)nn3)CC2)cc1C. The monoisotopic (exact) mass is 356 g/mol. The first-order valence-electron chi connectivity index (χ1n) is 9.39. The lowest BCUT2D eigenvalue weighted by Gasteiger charge is -2.32. The van der Waals surface area contributed by atoms with E-state index in [-0.39, 0.29) is 12.5 Å². The van der Waals surface area contributed by atoms with Crippen LogP contribution < -0.4 is 0 Å². The molecule has 1 aliphatic rings. The van der Waals surface area contributed by atoms with Crippen LogP contribution in [0.2, 0.25) is 0 Å². The first-order chi connectivity index (χ1) is 12.5. The van der Waals surface area contributed by atoms with Crippen molar-refractivity contribution in [3.8, 4) is 0 Å². The molecule has 1 aliphatic heterocycles. The third-order valence-corrected chi connectivity index (χ3v) is 5.36. The Balaban J connectivity index is 1.43. The fourth-order valence-corrected chi connectivity index (χ4v) is 3.50. The van der Waals surface area contributed by atoms with E-state index in [2.05, 4.69) is 42.4 Å². The van der Waals surface area contributed by atoms with Gasteiger partial charge in [0.1, 0.15) is 5.69 Å². The van der Waals surface area contributed by atoms with Gasteiger partial charge in [-0.1, -0.05) is 23.4 Å². The van der Waals surface area contributed by atoms with Crippen LogP contribution in [0.1, 0.15) is 41.6 Å². The molecule has 1 amide bonds. The van der Waals surface area contributed by atoms with Crippen molar-refractivity contribution in [1.29, 1.82) is 0 Å². The summed E-state index contributed by atoms with van der Waals surface area (Å²) in [5.41, 5.74) is 4.42. The van der Waals surface area contributed by atoms with Crippen LogP contribution in [-0.4, -0.2) is 44.0 Å². The Morgan fingerprint density at radius 1 is 1.23 bits per heavy atom. The van der Waals surface area contributed by atoms with E-state index in [0.717, 1.165) is 38.9 Å². The Morgan fingerprint density at radius 2 is 2.00 bits per heavy atom. The molecule has 2 heterocycles. The second-order valence-corrected chi connectivity index (χ2v) is 7.33. The first-order valence-corrected chi connectivity index (χ1v) is 9.39. The third-order valence-electron chi connectivity index (χ3n) is 5.36. The largest absolute Gasteiger partial charge is 0.390 e. The number of piperidine rings is 1. The van der Waals surface area contributed by atoms with Gasteiger partial charge in [0, 0.05) is 26.1 Å². The van der Waals surface area contributed by atoms with Gasteiger partial charge in [-0.25, -0.2) is 0 Å². The van der Waals surface area contributed by atoms with Crippen molar-refractivity contribution >= 4 is 5.91 Å². The van der Waals surface area contributed by atoms with E-state index in [4.69, 9.17) is 5.11 Å². The van der Waals surface area contributed by atoms with Crippen LogP contribution in [0.25, 0.3) is 0 Å². The van der Waals surface area contributed by atoms with Crippen LogP contribution in [-0.2, 0) is 24.4 Å². The molecule has 6 heteroatoms. The molecule has 0 saturated carbocycles. The first kappa shape index (κ1) is 18.6. The summed E-state index contributed by atoms with van der Waals surface area (Å²) in [5, 5.41) is 17.0. The van der Waals surface area contributed by atoms with Crippen molar-refractivity contribution in [3.63, 3.8) is 0 Å². The van der Waals surface area contributed by atoms with Gasteiger partial charge >= 0.3 is 0 Å². The van der Waals surface area contributed by atoms with Crippen LogP contribution >= 0.6 is 0 Å². The second kappa shape index (κ2) is 8.45. The number of amides is 1. The van der Waals surface area contributed by atoms with Crippen molar-refractivity contribution < 1.29 is 9.90 Å². The number of hydrogen-bond donors (Lipinski definition) is 1. The van der Waals surface area contributed by atoms with Crippen molar-refractivity contribution in [1.82, 2.24) is 19.9 Å². The maximum Gasteiger partial charge on any atom is 0.222 e. The van der Waals surface area contributed by atoms with E-state index in [1.165, 1.54) is 16.7 Å². The summed E-state index contributed by atoms with van der Waals surface area (Å²) in [4.78, 5) is 14.5. The summed E-state index contributed by atoms with van der Waals surface area (Å²) in [5.74, 6) is 0.761. The molecule has 0 spiro atoms. The molecule has 1 N–H and O–H groups in total. The molecular formula is C20H28N4O2. The van der Waals surface area contributed by atoms with E-state index in [9.17, 15) is 4.79 Å². The molecule has 1 fully saturated rings. The number of aryl methyl sites for hydroxylation is 3. The molecule has 1 saturated heterocycles. The smallest absolute Gasteiger partial charge is 0.222 e. The standard InChI is InChI=1S/C20H28N4O2/c1-15-3-4-17(11-16(15)2)5-6-20(26)23-9-7-18(8-10-23)12-24-13-19(14-25)21-22-24/h3-4,11,13,18,25H,5-10,12,14H2,1-2H3. The predicted octanol–water partition coefficient (Wildman–Crippen LogP) is 2.26. The molecule has 0 aliphatic carbocycles. The van der Waals surface area contributed by atoms with E-state index >= 15 is 0 Å². The third kappa shape index (κ3) is 4.69. The van der Waals surface area contributed by atoms with Gasteiger partial charge in [0.2, 0.25) is 5.91 Å². The Labute approximate surface area is 154 Å². The lowest BCUT2D eigenvalue weighted by atomic mass is 9.96. The van der Waals surface area contributed by atoms with Crippen LogP contribution in [0.15, 0.2) is 24.4 Å². The van der Waals surface area contributed by atoms with Crippen molar-refractivity contribution in [2.24, 2.45) is 5.92 Å². The Morgan fingerprint density at radius 3 is 2.65 bits per heavy atom. The average Bonchev–Trinajstić information content (AvgIpc) is 3.10. The van der Waals surface area contributed by atoms with Gasteiger partial charge in [0.25, 0.3) is 0 Å². The number of aromatic nitrogens is 3. The van der Waals surface area contributed by atoms with Crippen LogP contribution in [0, 0.1) is 19.8 Å². The van der Waals surface area contributed by atoms with Gasteiger partial charge in [-0.3, -0.25) is 9.48 Å². The zero-order valence-corrected chi connectivity index (χ0v) is 15.7. The molecule has 3 rings (SSSR count). The Bertz CT molecular complexity index is 748. The van der Waals surface area contributed by atoms with E-state index in [1.54, 1.807) is 10.9 Å². The number of aliphatic hydroxyl groups is 1. The number of aliphatic hydroxyl groups excluding tert-OH is 1. The molecule has 2 aromatic rings. The molecule has 6 nitrogen and oxygen atoms in total. The summed E-state index contributed by atoms with van der Waals surface area (Å²) in [6, 6.07) is 6.45. The molecule has 1 aromatic heterocycles.